The van der Waals surface area contributed by atoms with Gasteiger partial charge in [-0.3, -0.25) is 0 Å². The van der Waals surface area contributed by atoms with Gasteiger partial charge in [0.15, 0.2) is 0 Å². The summed E-state index contributed by atoms with van der Waals surface area (Å²) in [6, 6.07) is 0. The highest BCUT2D eigenvalue weighted by atomic mass is 35.5. The predicted octanol–water partition coefficient (Wildman–Crippen LogP) is 2.21. The molecule has 0 amide bonds. The van der Waals surface area contributed by atoms with Gasteiger partial charge in [-0.15, -0.1) is 11.6 Å². The number of allylic oxidation sites excluding steroid dienone is 2. The molecule has 0 saturated carbocycles. The van der Waals surface area contributed by atoms with E-state index < -0.39 is 11.5 Å². The van der Waals surface area contributed by atoms with E-state index in [0.717, 1.165) is 0 Å². The Bertz CT molecular complexity index is 175. The van der Waals surface area contributed by atoms with Crippen LogP contribution in [0.1, 0.15) is 0 Å². The second-order valence-electron chi connectivity index (χ2n) is 1.95. The third-order valence-electron chi connectivity index (χ3n) is 1.17. The first-order valence-corrected chi connectivity index (χ1v) is 3.87. The highest BCUT2D eigenvalue weighted by Crippen LogP contribution is 2.26. The van der Waals surface area contributed by atoms with Gasteiger partial charge in [0.25, 0.3) is 0 Å². The maximum atomic E-state index is 9.05. The van der Waals surface area contributed by atoms with E-state index in [-0.39, 0.29) is 0 Å². The normalized spacial score (nSPS) is 33.2. The Balaban J connectivity index is 2.81. The number of aliphatic hydroxyl groups is 1. The Hall–Kier alpha value is 0.310. The van der Waals surface area contributed by atoms with E-state index in [0.29, 0.717) is 10.1 Å². The molecule has 1 aliphatic carbocycles. The van der Waals surface area contributed by atoms with Crippen LogP contribution in [0.5, 0.6) is 0 Å². The second-order valence-corrected chi connectivity index (χ2v) is 3.29. The zero-order chi connectivity index (χ0) is 7.72. The molecule has 0 aromatic rings. The summed E-state index contributed by atoms with van der Waals surface area (Å²) >= 11 is 16.8. The molecule has 1 nitrogen and oxygen atoms in total. The number of hydrogen-bond donors (Lipinski definition) is 1. The molecular formula is C6H5Cl3O. The van der Waals surface area contributed by atoms with E-state index in [1.165, 1.54) is 12.2 Å². The van der Waals surface area contributed by atoms with E-state index in [1.807, 2.05) is 0 Å². The van der Waals surface area contributed by atoms with Crippen molar-refractivity contribution < 1.29 is 5.11 Å². The summed E-state index contributed by atoms with van der Waals surface area (Å²) in [5, 5.41) is 9.39. The largest absolute Gasteiger partial charge is 0.383 e. The molecule has 0 radical (unpaired) electrons. The fraction of sp³-hybridized carbons (Fsp3) is 0.333. The van der Waals surface area contributed by atoms with Gasteiger partial charge in [0.05, 0.1) is 5.38 Å². The molecule has 10 heavy (non-hydrogen) atoms. The fourth-order valence-corrected chi connectivity index (χ4v) is 1.28. The number of hydrogen-bond acceptors (Lipinski definition) is 1. The van der Waals surface area contributed by atoms with Crippen LogP contribution in [0.3, 0.4) is 0 Å². The lowest BCUT2D eigenvalue weighted by atomic mass is 10.1. The van der Waals surface area contributed by atoms with E-state index in [1.54, 1.807) is 0 Å². The molecule has 0 spiro atoms. The van der Waals surface area contributed by atoms with E-state index in [2.05, 4.69) is 0 Å². The first kappa shape index (κ1) is 8.41. The minimum Gasteiger partial charge on any atom is -0.383 e. The first-order valence-electron chi connectivity index (χ1n) is 2.68. The third-order valence-corrected chi connectivity index (χ3v) is 2.35. The smallest absolute Gasteiger partial charge is 0.109 e. The minimum absolute atomic E-state index is 0.324. The highest BCUT2D eigenvalue weighted by molar-refractivity contribution is 6.39. The molecule has 0 fully saturated rings. The van der Waals surface area contributed by atoms with Crippen molar-refractivity contribution in [3.8, 4) is 0 Å². The van der Waals surface area contributed by atoms with Crippen LogP contribution in [0.25, 0.3) is 0 Å². The summed E-state index contributed by atoms with van der Waals surface area (Å²) < 4.78 is 0. The van der Waals surface area contributed by atoms with Crippen molar-refractivity contribution in [2.24, 2.45) is 0 Å². The Kier molecular flexibility index (Phi) is 2.64. The summed E-state index contributed by atoms with van der Waals surface area (Å²) in [6.45, 7) is 0. The van der Waals surface area contributed by atoms with E-state index >= 15 is 0 Å². The summed E-state index contributed by atoms with van der Waals surface area (Å²) in [7, 11) is 0. The molecule has 4 heteroatoms. The van der Waals surface area contributed by atoms with Crippen LogP contribution in [0.2, 0.25) is 0 Å². The average molecular weight is 199 g/mol. The second kappa shape index (κ2) is 3.14. The summed E-state index contributed by atoms with van der Waals surface area (Å²) in [5.74, 6) is 0. The maximum Gasteiger partial charge on any atom is 0.109 e. The highest BCUT2D eigenvalue weighted by Gasteiger charge is 2.17. The molecular weight excluding hydrogens is 194 g/mol. The number of alkyl halides is 1. The van der Waals surface area contributed by atoms with E-state index in [4.69, 9.17) is 39.9 Å². The van der Waals surface area contributed by atoms with Crippen molar-refractivity contribution in [1.29, 1.82) is 0 Å². The van der Waals surface area contributed by atoms with Crippen molar-refractivity contribution in [1.82, 2.24) is 0 Å². The Labute approximate surface area is 73.9 Å². The van der Waals surface area contributed by atoms with Crippen molar-refractivity contribution in [2.45, 2.75) is 11.5 Å². The van der Waals surface area contributed by atoms with Gasteiger partial charge in [-0.25, -0.2) is 0 Å². The Morgan fingerprint density at radius 3 is 2.30 bits per heavy atom. The standard InChI is InChI=1S/C6H5Cl3O/c7-3-1-5(9)6(10)2-4(3)8/h1-3,6,10H/t3-,6+/m1/s1. The van der Waals surface area contributed by atoms with Gasteiger partial charge < -0.3 is 5.11 Å². The number of halogens is 3. The molecule has 0 aromatic heterocycles. The van der Waals surface area contributed by atoms with Crippen molar-refractivity contribution in [3.05, 3.63) is 22.2 Å². The molecule has 0 heterocycles. The molecule has 2 atom stereocenters. The van der Waals surface area contributed by atoms with Crippen LogP contribution < -0.4 is 0 Å². The van der Waals surface area contributed by atoms with Gasteiger partial charge >= 0.3 is 0 Å². The van der Waals surface area contributed by atoms with Gasteiger partial charge in [-0.1, -0.05) is 23.2 Å². The number of rotatable bonds is 0. The summed E-state index contributed by atoms with van der Waals surface area (Å²) in [4.78, 5) is 0. The molecule has 1 aliphatic rings. The van der Waals surface area contributed by atoms with Crippen molar-refractivity contribution in [3.63, 3.8) is 0 Å². The van der Waals surface area contributed by atoms with Crippen LogP contribution in [-0.2, 0) is 0 Å². The van der Waals surface area contributed by atoms with Crippen LogP contribution in [0.4, 0.5) is 0 Å². The van der Waals surface area contributed by atoms with Crippen molar-refractivity contribution in [2.75, 3.05) is 0 Å². The SMILES string of the molecule is O[C@H]1C=C(Cl)[C@H](Cl)C=C1Cl. The van der Waals surface area contributed by atoms with Crippen LogP contribution in [0.15, 0.2) is 22.2 Å². The molecule has 0 unspecified atom stereocenters. The van der Waals surface area contributed by atoms with Crippen LogP contribution >= 0.6 is 34.8 Å². The predicted molar refractivity (Wildman–Crippen MR) is 43.5 cm³/mol. The molecule has 0 saturated heterocycles. The Morgan fingerprint density at radius 1 is 1.20 bits per heavy atom. The lowest BCUT2D eigenvalue weighted by Crippen LogP contribution is -2.12. The summed E-state index contributed by atoms with van der Waals surface area (Å²) in [6.07, 6.45) is 2.14. The molecule has 56 valence electrons. The van der Waals surface area contributed by atoms with Gasteiger partial charge in [0.1, 0.15) is 6.10 Å². The molecule has 1 N–H and O–H groups in total. The monoisotopic (exact) mass is 198 g/mol. The minimum atomic E-state index is -0.788. The van der Waals surface area contributed by atoms with Gasteiger partial charge in [0, 0.05) is 10.1 Å². The molecule has 0 bridgehead atoms. The van der Waals surface area contributed by atoms with E-state index in [9.17, 15) is 0 Å². The lowest BCUT2D eigenvalue weighted by molar-refractivity contribution is 0.265. The average Bonchev–Trinajstić information content (AvgIpc) is 1.84. The first-order chi connectivity index (χ1) is 4.61. The maximum absolute atomic E-state index is 9.05. The zero-order valence-corrected chi connectivity index (χ0v) is 7.16. The van der Waals surface area contributed by atoms with Crippen molar-refractivity contribution >= 4 is 34.8 Å². The quantitative estimate of drug-likeness (QED) is 0.593. The van der Waals surface area contributed by atoms with Crippen LogP contribution in [0, 0.1) is 0 Å². The fourth-order valence-electron chi connectivity index (χ4n) is 0.640. The topological polar surface area (TPSA) is 20.2 Å². The third kappa shape index (κ3) is 1.67. The van der Waals surface area contributed by atoms with Gasteiger partial charge in [0.2, 0.25) is 0 Å². The van der Waals surface area contributed by atoms with Crippen LogP contribution in [-0.4, -0.2) is 16.6 Å². The van der Waals surface area contributed by atoms with Gasteiger partial charge in [-0.2, -0.15) is 0 Å². The number of aliphatic hydroxyl groups excluding tert-OH is 1. The lowest BCUT2D eigenvalue weighted by Gasteiger charge is -2.14. The molecule has 1 rings (SSSR count). The van der Waals surface area contributed by atoms with Gasteiger partial charge in [-0.05, 0) is 12.2 Å². The molecule has 0 aromatic carbocycles. The zero-order valence-electron chi connectivity index (χ0n) is 4.89. The summed E-state index contributed by atoms with van der Waals surface area (Å²) in [5.41, 5.74) is 0. The Morgan fingerprint density at radius 2 is 1.80 bits per heavy atom. The molecule has 0 aliphatic heterocycles.